The van der Waals surface area contributed by atoms with Crippen LogP contribution in [0.2, 0.25) is 0 Å². The number of nitrogens with one attached hydrogen (secondary N) is 3. The Morgan fingerprint density at radius 2 is 1.96 bits per heavy atom. The van der Waals surface area contributed by atoms with Crippen LogP contribution in [0.25, 0.3) is 0 Å². The minimum Gasteiger partial charge on any atom is -0.492 e. The van der Waals surface area contributed by atoms with E-state index < -0.39 is 0 Å². The van der Waals surface area contributed by atoms with Gasteiger partial charge < -0.3 is 25.1 Å². The number of benzene rings is 1. The Labute approximate surface area is 147 Å². The molecule has 0 aliphatic heterocycles. The molecule has 134 valence electrons. The van der Waals surface area contributed by atoms with Crippen LogP contribution in [0.4, 0.5) is 0 Å². The summed E-state index contributed by atoms with van der Waals surface area (Å²) in [6, 6.07) is 13.2. The molecule has 0 saturated heterocycles. The zero-order chi connectivity index (χ0) is 17.7. The highest BCUT2D eigenvalue weighted by Gasteiger charge is 2.03. The summed E-state index contributed by atoms with van der Waals surface area (Å²) in [4.78, 5) is 16.1. The van der Waals surface area contributed by atoms with Crippen molar-refractivity contribution in [1.82, 2.24) is 16.0 Å². The van der Waals surface area contributed by atoms with E-state index in [1.807, 2.05) is 43.3 Å². The average Bonchev–Trinajstić information content (AvgIpc) is 3.16. The quantitative estimate of drug-likeness (QED) is 0.365. The number of aliphatic imine (C=N–C) groups is 1. The summed E-state index contributed by atoms with van der Waals surface area (Å²) in [6.07, 6.45) is 1.57. The van der Waals surface area contributed by atoms with E-state index in [0.717, 1.165) is 5.75 Å². The number of para-hydroxylation sites is 1. The molecular formula is C18H24N4O3. The molecule has 0 saturated carbocycles. The standard InChI is InChI=1S/C18H24N4O3/c1-2-19-18(20-10-12-25-15-7-4-3-5-8-15)22-14-17(23)21-13-16-9-6-11-24-16/h3-9,11H,2,10,12-14H2,1H3,(H,21,23)(H2,19,20,22). The van der Waals surface area contributed by atoms with Crippen molar-refractivity contribution in [3.05, 3.63) is 54.5 Å². The summed E-state index contributed by atoms with van der Waals surface area (Å²) in [6.45, 7) is 4.15. The number of rotatable bonds is 9. The van der Waals surface area contributed by atoms with Gasteiger partial charge in [0.1, 0.15) is 24.7 Å². The van der Waals surface area contributed by atoms with Crippen LogP contribution in [0.15, 0.2) is 58.1 Å². The monoisotopic (exact) mass is 344 g/mol. The van der Waals surface area contributed by atoms with E-state index in [0.29, 0.717) is 38.0 Å². The molecule has 1 aromatic heterocycles. The van der Waals surface area contributed by atoms with Gasteiger partial charge in [-0.15, -0.1) is 0 Å². The molecule has 2 rings (SSSR count). The van der Waals surface area contributed by atoms with E-state index in [-0.39, 0.29) is 12.5 Å². The smallest absolute Gasteiger partial charge is 0.242 e. The van der Waals surface area contributed by atoms with Gasteiger partial charge in [0.15, 0.2) is 5.96 Å². The van der Waals surface area contributed by atoms with Gasteiger partial charge >= 0.3 is 0 Å². The number of amides is 1. The fourth-order valence-corrected chi connectivity index (χ4v) is 2.00. The molecule has 0 atom stereocenters. The molecule has 0 aliphatic carbocycles. The van der Waals surface area contributed by atoms with Crippen LogP contribution in [-0.4, -0.2) is 38.1 Å². The van der Waals surface area contributed by atoms with Crippen molar-refractivity contribution in [2.75, 3.05) is 26.2 Å². The Morgan fingerprint density at radius 1 is 1.12 bits per heavy atom. The lowest BCUT2D eigenvalue weighted by Crippen LogP contribution is -2.40. The van der Waals surface area contributed by atoms with Crippen LogP contribution in [0, 0.1) is 0 Å². The molecule has 1 aromatic carbocycles. The second kappa shape index (κ2) is 10.7. The van der Waals surface area contributed by atoms with Gasteiger partial charge in [0.25, 0.3) is 0 Å². The Morgan fingerprint density at radius 3 is 2.68 bits per heavy atom. The van der Waals surface area contributed by atoms with Gasteiger partial charge in [-0.25, -0.2) is 4.99 Å². The zero-order valence-electron chi connectivity index (χ0n) is 14.3. The van der Waals surface area contributed by atoms with Gasteiger partial charge in [-0.2, -0.15) is 0 Å². The number of carbonyl (C=O) groups excluding carboxylic acids is 1. The number of guanidine groups is 1. The minimum absolute atomic E-state index is 0.0373. The molecular weight excluding hydrogens is 320 g/mol. The first-order valence-corrected chi connectivity index (χ1v) is 8.27. The third kappa shape index (κ3) is 7.43. The highest BCUT2D eigenvalue weighted by atomic mass is 16.5. The highest BCUT2D eigenvalue weighted by Crippen LogP contribution is 2.07. The second-order valence-corrected chi connectivity index (χ2v) is 5.14. The maximum Gasteiger partial charge on any atom is 0.242 e. The van der Waals surface area contributed by atoms with Crippen molar-refractivity contribution in [1.29, 1.82) is 0 Å². The predicted octanol–water partition coefficient (Wildman–Crippen LogP) is 1.53. The number of hydrogen-bond acceptors (Lipinski definition) is 4. The molecule has 0 unspecified atom stereocenters. The van der Waals surface area contributed by atoms with Gasteiger partial charge in [0.05, 0.1) is 19.4 Å². The summed E-state index contributed by atoms with van der Waals surface area (Å²) >= 11 is 0. The van der Waals surface area contributed by atoms with Gasteiger partial charge in [0.2, 0.25) is 5.91 Å². The predicted molar refractivity (Wildman–Crippen MR) is 96.5 cm³/mol. The summed E-state index contributed by atoms with van der Waals surface area (Å²) < 4.78 is 10.8. The Hall–Kier alpha value is -2.96. The second-order valence-electron chi connectivity index (χ2n) is 5.14. The van der Waals surface area contributed by atoms with Crippen molar-refractivity contribution >= 4 is 11.9 Å². The summed E-state index contributed by atoms with van der Waals surface area (Å²) in [5.74, 6) is 1.94. The van der Waals surface area contributed by atoms with Crippen molar-refractivity contribution in [2.45, 2.75) is 13.5 Å². The van der Waals surface area contributed by atoms with E-state index in [1.54, 1.807) is 12.3 Å². The lowest BCUT2D eigenvalue weighted by atomic mass is 10.3. The molecule has 7 nitrogen and oxygen atoms in total. The molecule has 0 fully saturated rings. The van der Waals surface area contributed by atoms with Gasteiger partial charge in [-0.05, 0) is 31.2 Å². The van der Waals surface area contributed by atoms with E-state index >= 15 is 0 Å². The summed E-state index contributed by atoms with van der Waals surface area (Å²) in [5, 5.41) is 8.97. The minimum atomic E-state index is -0.172. The van der Waals surface area contributed by atoms with E-state index in [9.17, 15) is 4.79 Å². The maximum absolute atomic E-state index is 11.8. The van der Waals surface area contributed by atoms with Crippen molar-refractivity contribution < 1.29 is 13.9 Å². The fraction of sp³-hybridized carbons (Fsp3) is 0.333. The molecule has 7 heteroatoms. The molecule has 0 aliphatic rings. The number of hydrogen-bond donors (Lipinski definition) is 3. The Balaban J connectivity index is 1.68. The lowest BCUT2D eigenvalue weighted by Gasteiger charge is -2.12. The third-order valence-electron chi connectivity index (χ3n) is 3.17. The normalized spacial score (nSPS) is 11.0. The van der Waals surface area contributed by atoms with Crippen LogP contribution in [-0.2, 0) is 11.3 Å². The first-order chi connectivity index (χ1) is 12.3. The number of nitrogens with zero attached hydrogens (tertiary/aromatic N) is 1. The van der Waals surface area contributed by atoms with Gasteiger partial charge in [0, 0.05) is 6.54 Å². The van der Waals surface area contributed by atoms with Crippen LogP contribution < -0.4 is 20.7 Å². The molecule has 25 heavy (non-hydrogen) atoms. The lowest BCUT2D eigenvalue weighted by molar-refractivity contribution is -0.119. The summed E-state index contributed by atoms with van der Waals surface area (Å²) in [5.41, 5.74) is 0. The number of ether oxygens (including phenoxy) is 1. The van der Waals surface area contributed by atoms with Crippen LogP contribution in [0.5, 0.6) is 5.75 Å². The van der Waals surface area contributed by atoms with Gasteiger partial charge in [-0.1, -0.05) is 18.2 Å². The first kappa shape index (κ1) is 18.4. The SMILES string of the molecule is CCNC(=NCC(=O)NCc1ccco1)NCCOc1ccccc1. The third-order valence-corrected chi connectivity index (χ3v) is 3.17. The van der Waals surface area contributed by atoms with Crippen molar-refractivity contribution in [3.8, 4) is 5.75 Å². The van der Waals surface area contributed by atoms with E-state index in [2.05, 4.69) is 20.9 Å². The highest BCUT2D eigenvalue weighted by molar-refractivity contribution is 5.84. The molecule has 2 aromatic rings. The van der Waals surface area contributed by atoms with Gasteiger partial charge in [-0.3, -0.25) is 4.79 Å². The molecule has 0 spiro atoms. The average molecular weight is 344 g/mol. The molecule has 1 heterocycles. The summed E-state index contributed by atoms with van der Waals surface area (Å²) in [7, 11) is 0. The molecule has 0 radical (unpaired) electrons. The zero-order valence-corrected chi connectivity index (χ0v) is 14.3. The Bertz CT molecular complexity index is 642. The topological polar surface area (TPSA) is 87.9 Å². The van der Waals surface area contributed by atoms with E-state index in [4.69, 9.17) is 9.15 Å². The van der Waals surface area contributed by atoms with Crippen molar-refractivity contribution in [2.24, 2.45) is 4.99 Å². The first-order valence-electron chi connectivity index (χ1n) is 8.27. The maximum atomic E-state index is 11.8. The van der Waals surface area contributed by atoms with Crippen LogP contribution in [0.3, 0.4) is 0 Å². The number of carbonyl (C=O) groups is 1. The molecule has 3 N–H and O–H groups in total. The van der Waals surface area contributed by atoms with Crippen molar-refractivity contribution in [3.63, 3.8) is 0 Å². The van der Waals surface area contributed by atoms with Crippen LogP contribution in [0.1, 0.15) is 12.7 Å². The fourth-order valence-electron chi connectivity index (χ4n) is 2.00. The Kier molecular flexibility index (Phi) is 7.90. The molecule has 1 amide bonds. The number of furan rings is 1. The molecule has 0 bridgehead atoms. The van der Waals surface area contributed by atoms with E-state index in [1.165, 1.54) is 0 Å². The largest absolute Gasteiger partial charge is 0.492 e. The van der Waals surface area contributed by atoms with Crippen LogP contribution >= 0.6 is 0 Å².